The fourth-order valence-electron chi connectivity index (χ4n) is 6.45. The fraction of sp³-hybridized carbons (Fsp3) is 0.200. The Labute approximate surface area is 249 Å². The average molecular weight is 579 g/mol. The van der Waals surface area contributed by atoms with Gasteiger partial charge in [-0.3, -0.25) is 9.48 Å². The lowest BCUT2D eigenvalue weighted by atomic mass is 9.67. The van der Waals surface area contributed by atoms with E-state index in [-0.39, 0.29) is 17.2 Å². The summed E-state index contributed by atoms with van der Waals surface area (Å²) in [6.07, 6.45) is 3.43. The minimum Gasteiger partial charge on any atom is -0.373 e. The molecule has 5 aromatic rings. The molecule has 0 bridgehead atoms. The van der Waals surface area contributed by atoms with Crippen molar-refractivity contribution in [2.24, 2.45) is 5.41 Å². The van der Waals surface area contributed by atoms with Gasteiger partial charge >= 0.3 is 0 Å². The highest BCUT2D eigenvalue weighted by molar-refractivity contribution is 6.42. The van der Waals surface area contributed by atoms with Gasteiger partial charge in [-0.2, -0.15) is 5.10 Å². The number of halogens is 2. The number of nitrogens with zero attached hydrogens (tertiary/aromatic N) is 2. The van der Waals surface area contributed by atoms with Gasteiger partial charge in [0.25, 0.3) is 0 Å². The minimum absolute atomic E-state index is 0.119. The normalized spacial score (nSPS) is 17.8. The first-order chi connectivity index (χ1) is 19.8. The number of nitrogens with one attached hydrogen (secondary N) is 1. The maximum absolute atomic E-state index is 14.0. The van der Waals surface area contributed by atoms with E-state index < -0.39 is 0 Å². The molecule has 1 aliphatic heterocycles. The minimum atomic E-state index is -0.319. The number of hydrogen-bond acceptors (Lipinski definition) is 3. The van der Waals surface area contributed by atoms with Crippen LogP contribution in [0.15, 0.2) is 96.7 Å². The van der Waals surface area contributed by atoms with Crippen LogP contribution in [0.2, 0.25) is 10.0 Å². The molecule has 7 rings (SSSR count). The van der Waals surface area contributed by atoms with Gasteiger partial charge in [-0.05, 0) is 51.9 Å². The summed E-state index contributed by atoms with van der Waals surface area (Å²) in [6.45, 7) is 4.92. The largest absolute Gasteiger partial charge is 0.373 e. The molecule has 0 radical (unpaired) electrons. The van der Waals surface area contributed by atoms with Crippen LogP contribution in [0.5, 0.6) is 0 Å². The summed E-state index contributed by atoms with van der Waals surface area (Å²) in [7, 11) is 0. The van der Waals surface area contributed by atoms with Crippen molar-refractivity contribution in [1.82, 2.24) is 9.78 Å². The Morgan fingerprint density at radius 3 is 2.51 bits per heavy atom. The van der Waals surface area contributed by atoms with Gasteiger partial charge < -0.3 is 5.32 Å². The molecule has 0 fully saturated rings. The van der Waals surface area contributed by atoms with Gasteiger partial charge in [0.15, 0.2) is 5.78 Å². The van der Waals surface area contributed by atoms with E-state index in [9.17, 15) is 4.79 Å². The molecule has 1 atom stereocenters. The number of hydrogen-bond donors (Lipinski definition) is 1. The molecule has 0 amide bonds. The Kier molecular flexibility index (Phi) is 6.29. The van der Waals surface area contributed by atoms with E-state index in [1.807, 2.05) is 41.1 Å². The van der Waals surface area contributed by atoms with Crippen LogP contribution in [-0.4, -0.2) is 15.6 Å². The van der Waals surface area contributed by atoms with Gasteiger partial charge in [-0.15, -0.1) is 0 Å². The Morgan fingerprint density at radius 2 is 1.71 bits per heavy atom. The smallest absolute Gasteiger partial charge is 0.162 e. The molecule has 0 unspecified atom stereocenters. The number of anilines is 1. The summed E-state index contributed by atoms with van der Waals surface area (Å²) < 4.78 is 1.94. The van der Waals surface area contributed by atoms with Gasteiger partial charge in [0.05, 0.1) is 28.3 Å². The lowest BCUT2D eigenvalue weighted by Gasteiger charge is -2.40. The fourth-order valence-corrected chi connectivity index (χ4v) is 6.77. The first-order valence-electron chi connectivity index (χ1n) is 13.9. The molecule has 4 nitrogen and oxygen atoms in total. The van der Waals surface area contributed by atoms with Crippen LogP contribution in [0.3, 0.4) is 0 Å². The number of carbonyl (C=O) groups excluding carboxylic acids is 1. The number of carbonyl (C=O) groups is 1. The van der Waals surface area contributed by atoms with Crippen molar-refractivity contribution < 1.29 is 4.79 Å². The molecule has 1 aromatic heterocycles. The van der Waals surface area contributed by atoms with Crippen molar-refractivity contribution in [2.75, 3.05) is 5.32 Å². The summed E-state index contributed by atoms with van der Waals surface area (Å²) >= 11 is 12.5. The zero-order valence-electron chi connectivity index (χ0n) is 22.9. The number of allylic oxidation sites excluding steroid dienone is 1. The lowest BCUT2D eigenvalue weighted by Crippen LogP contribution is -2.33. The second-order valence-electron chi connectivity index (χ2n) is 11.9. The molecule has 204 valence electrons. The lowest BCUT2D eigenvalue weighted by molar-refractivity contribution is -0.118. The molecule has 4 aromatic carbocycles. The molecular formula is C35H29Cl2N3O. The van der Waals surface area contributed by atoms with Crippen molar-refractivity contribution in [1.29, 1.82) is 0 Å². The van der Waals surface area contributed by atoms with E-state index in [1.54, 1.807) is 0 Å². The first-order valence-corrected chi connectivity index (χ1v) is 14.6. The van der Waals surface area contributed by atoms with Crippen LogP contribution in [0.1, 0.15) is 49.4 Å². The molecule has 0 saturated carbocycles. The molecule has 0 spiro atoms. The van der Waals surface area contributed by atoms with Crippen molar-refractivity contribution >= 4 is 51.0 Å². The molecule has 2 aliphatic rings. The van der Waals surface area contributed by atoms with Crippen LogP contribution in [0.4, 0.5) is 5.69 Å². The molecule has 6 heteroatoms. The standard InChI is InChI=1S/C35H29Cl2N3O/c1-35(2)17-25-31-24-11-7-6-8-22(24)13-15-29(31)38-34(32(25)30(41)18-35)26-20-40(19-21-12-14-27(36)28(37)16-21)39-33(26)23-9-4-3-5-10-23/h3-16,20,34,38H,17-19H2,1-2H3/t34-/m0/s1. The first kappa shape index (κ1) is 26.1. The summed E-state index contributed by atoms with van der Waals surface area (Å²) in [5.74, 6) is 0.198. The predicted octanol–water partition coefficient (Wildman–Crippen LogP) is 9.37. The third-order valence-electron chi connectivity index (χ3n) is 8.22. The van der Waals surface area contributed by atoms with Crippen molar-refractivity contribution in [3.63, 3.8) is 0 Å². The summed E-state index contributed by atoms with van der Waals surface area (Å²) in [5.41, 5.74) is 7.94. The maximum atomic E-state index is 14.0. The third-order valence-corrected chi connectivity index (χ3v) is 8.96. The van der Waals surface area contributed by atoms with Gasteiger partial charge in [-0.1, -0.05) is 104 Å². The molecule has 1 aliphatic carbocycles. The average Bonchev–Trinajstić information content (AvgIpc) is 3.37. The molecule has 1 N–H and O–H groups in total. The highest BCUT2D eigenvalue weighted by Crippen LogP contribution is 2.52. The van der Waals surface area contributed by atoms with E-state index >= 15 is 0 Å². The second kappa shape index (κ2) is 9.90. The molecular weight excluding hydrogens is 549 g/mol. The van der Waals surface area contributed by atoms with Crippen LogP contribution in [0.25, 0.3) is 27.6 Å². The number of fused-ring (bicyclic) bond motifs is 4. The molecule has 41 heavy (non-hydrogen) atoms. The number of aromatic nitrogens is 2. The zero-order valence-corrected chi connectivity index (χ0v) is 24.4. The summed E-state index contributed by atoms with van der Waals surface area (Å²) in [4.78, 5) is 14.0. The molecule has 0 saturated heterocycles. The Balaban J connectivity index is 1.42. The van der Waals surface area contributed by atoms with Crippen molar-refractivity contribution in [2.45, 2.75) is 39.3 Å². The number of benzene rings is 4. The van der Waals surface area contributed by atoms with Gasteiger partial charge in [0, 0.05) is 40.6 Å². The van der Waals surface area contributed by atoms with E-state index in [0.29, 0.717) is 23.0 Å². The topological polar surface area (TPSA) is 46.9 Å². The Hall–Kier alpha value is -3.86. The number of rotatable bonds is 4. The molecule has 2 heterocycles. The quantitative estimate of drug-likeness (QED) is 0.231. The van der Waals surface area contributed by atoms with Crippen LogP contribution < -0.4 is 5.32 Å². The number of ketones is 1. The Bertz CT molecular complexity index is 1870. The van der Waals surface area contributed by atoms with E-state index in [1.165, 1.54) is 10.8 Å². The second-order valence-corrected chi connectivity index (χ2v) is 12.7. The van der Waals surface area contributed by atoms with Gasteiger partial charge in [-0.25, -0.2) is 0 Å². The third kappa shape index (κ3) is 4.65. The summed E-state index contributed by atoms with van der Waals surface area (Å²) in [5, 5.41) is 12.3. The number of Topliss-reactive ketones (excluding diaryl/α,β-unsaturated/α-hetero) is 1. The van der Waals surface area contributed by atoms with Gasteiger partial charge in [0.1, 0.15) is 0 Å². The predicted molar refractivity (Wildman–Crippen MR) is 168 cm³/mol. The Morgan fingerprint density at radius 1 is 0.927 bits per heavy atom. The van der Waals surface area contributed by atoms with E-state index in [0.717, 1.165) is 51.2 Å². The maximum Gasteiger partial charge on any atom is 0.162 e. The zero-order chi connectivity index (χ0) is 28.3. The van der Waals surface area contributed by atoms with Crippen LogP contribution in [-0.2, 0) is 11.3 Å². The SMILES string of the molecule is CC1(C)CC(=O)C2=C(C1)c1c(ccc3ccccc13)N[C@H]2c1cn(Cc2ccc(Cl)c(Cl)c2)nc1-c1ccccc1. The van der Waals surface area contributed by atoms with Crippen LogP contribution in [0, 0.1) is 5.41 Å². The van der Waals surface area contributed by atoms with E-state index in [4.69, 9.17) is 28.3 Å². The van der Waals surface area contributed by atoms with Gasteiger partial charge in [0.2, 0.25) is 0 Å². The van der Waals surface area contributed by atoms with Crippen molar-refractivity contribution in [3.8, 4) is 11.3 Å². The van der Waals surface area contributed by atoms with Crippen molar-refractivity contribution in [3.05, 3.63) is 123 Å². The highest BCUT2D eigenvalue weighted by Gasteiger charge is 2.42. The van der Waals surface area contributed by atoms with E-state index in [2.05, 4.69) is 73.9 Å². The van der Waals surface area contributed by atoms with Crippen LogP contribution >= 0.6 is 23.2 Å². The highest BCUT2D eigenvalue weighted by atomic mass is 35.5. The summed E-state index contributed by atoms with van der Waals surface area (Å²) in [6, 6.07) is 28.3. The monoisotopic (exact) mass is 577 g/mol.